The molecule has 5 aromatic rings. The summed E-state index contributed by atoms with van der Waals surface area (Å²) >= 11 is 1.12. The first-order chi connectivity index (χ1) is 20.3. The maximum atomic E-state index is 13.9. The van der Waals surface area contributed by atoms with Gasteiger partial charge in [0.2, 0.25) is 5.13 Å². The molecule has 1 aliphatic heterocycles. The van der Waals surface area contributed by atoms with Crippen LogP contribution in [0.2, 0.25) is 0 Å². The maximum Gasteiger partial charge on any atom is 0.280 e. The van der Waals surface area contributed by atoms with Crippen LogP contribution in [0.25, 0.3) is 10.2 Å². The number of aromatic nitrogens is 1. The summed E-state index contributed by atoms with van der Waals surface area (Å²) in [5.74, 6) is -0.256. The number of para-hydroxylation sites is 1. The number of fused-ring (bicyclic) bond motifs is 2. The molecule has 1 aliphatic rings. The molecule has 0 saturated carbocycles. The van der Waals surface area contributed by atoms with Crippen LogP contribution in [0.15, 0.2) is 101 Å². The summed E-state index contributed by atoms with van der Waals surface area (Å²) in [4.78, 5) is 18.3. The third-order valence-corrected chi connectivity index (χ3v) is 9.73. The van der Waals surface area contributed by atoms with Crippen LogP contribution in [0.4, 0.5) is 15.2 Å². The molecule has 0 saturated heterocycles. The average molecular weight is 601 g/mol. The number of aryl methyl sites for hydroxylation is 1. The number of benzene rings is 4. The molecule has 1 aromatic heterocycles. The Balaban J connectivity index is 1.33. The van der Waals surface area contributed by atoms with Crippen molar-refractivity contribution in [2.24, 2.45) is 5.10 Å². The van der Waals surface area contributed by atoms with E-state index in [1.165, 1.54) is 46.9 Å². The van der Waals surface area contributed by atoms with Gasteiger partial charge in [0.25, 0.3) is 15.9 Å². The van der Waals surface area contributed by atoms with Crippen LogP contribution in [0, 0.1) is 5.82 Å². The van der Waals surface area contributed by atoms with E-state index in [1.807, 2.05) is 24.3 Å². The minimum Gasteiger partial charge on any atom is -0.497 e. The zero-order valence-electron chi connectivity index (χ0n) is 22.5. The fourth-order valence-electron chi connectivity index (χ4n) is 4.75. The smallest absolute Gasteiger partial charge is 0.280 e. The zero-order chi connectivity index (χ0) is 29.3. The number of anilines is 2. The highest BCUT2D eigenvalue weighted by molar-refractivity contribution is 7.92. The number of halogens is 1. The molecular formula is C31H25FN4O4S2. The van der Waals surface area contributed by atoms with Crippen LogP contribution in [-0.4, -0.2) is 39.2 Å². The van der Waals surface area contributed by atoms with Crippen molar-refractivity contribution in [1.82, 2.24) is 4.98 Å². The van der Waals surface area contributed by atoms with Gasteiger partial charge in [0.05, 0.1) is 34.1 Å². The molecule has 0 N–H and O–H groups in total. The number of sulfonamides is 1. The van der Waals surface area contributed by atoms with Gasteiger partial charge in [-0.3, -0.25) is 9.10 Å². The molecule has 0 unspecified atom stereocenters. The van der Waals surface area contributed by atoms with E-state index < -0.39 is 21.7 Å². The fraction of sp³-hybridized carbons (Fsp3) is 0.129. The van der Waals surface area contributed by atoms with Crippen molar-refractivity contribution in [3.8, 4) is 5.75 Å². The van der Waals surface area contributed by atoms with Gasteiger partial charge in [0, 0.05) is 12.1 Å². The summed E-state index contributed by atoms with van der Waals surface area (Å²) in [5, 5.41) is 5.81. The third-order valence-electron chi connectivity index (χ3n) is 6.91. The SMILES string of the molecule is COc1ccc(/C=N/N(C(=O)c2ccc(S(=O)(=O)N3CCCc4ccccc43)cc2)c2nc3ccc(F)cc3s2)cc1. The van der Waals surface area contributed by atoms with Crippen LogP contribution >= 0.6 is 11.3 Å². The quantitative estimate of drug-likeness (QED) is 0.162. The predicted molar refractivity (Wildman–Crippen MR) is 163 cm³/mol. The van der Waals surface area contributed by atoms with Crippen molar-refractivity contribution in [2.75, 3.05) is 23.0 Å². The number of nitrogens with zero attached hydrogens (tertiary/aromatic N) is 4. The molecule has 1 amide bonds. The lowest BCUT2D eigenvalue weighted by molar-refractivity contribution is 0.0987. The number of hydrogen-bond donors (Lipinski definition) is 0. The average Bonchev–Trinajstić information content (AvgIpc) is 3.44. The Morgan fingerprint density at radius 3 is 2.57 bits per heavy atom. The number of hydrogen-bond acceptors (Lipinski definition) is 7. The zero-order valence-corrected chi connectivity index (χ0v) is 24.1. The highest BCUT2D eigenvalue weighted by Gasteiger charge is 2.29. The van der Waals surface area contributed by atoms with Gasteiger partial charge in [-0.15, -0.1) is 0 Å². The lowest BCUT2D eigenvalue weighted by Crippen LogP contribution is -2.35. The summed E-state index contributed by atoms with van der Waals surface area (Å²) in [6.45, 7) is 0.381. The van der Waals surface area contributed by atoms with Gasteiger partial charge >= 0.3 is 0 Å². The topological polar surface area (TPSA) is 92.2 Å². The van der Waals surface area contributed by atoms with E-state index in [9.17, 15) is 17.6 Å². The summed E-state index contributed by atoms with van der Waals surface area (Å²) in [7, 11) is -2.27. The molecule has 8 nitrogen and oxygen atoms in total. The standard InChI is InChI=1S/C31H25FN4O4S2/c1-40-25-13-8-21(9-14-25)20-33-36(31-34-27-17-12-24(32)19-29(27)41-31)30(37)23-10-15-26(16-11-23)42(38,39)35-18-4-6-22-5-2-3-7-28(22)35/h2-3,5,7-17,19-20H,4,6,18H2,1H3/b33-20+. The Bertz CT molecular complexity index is 1910. The lowest BCUT2D eigenvalue weighted by Gasteiger charge is -2.30. The Labute approximate surface area is 246 Å². The van der Waals surface area contributed by atoms with Crippen LogP contribution in [0.5, 0.6) is 5.75 Å². The molecule has 0 bridgehead atoms. The molecule has 42 heavy (non-hydrogen) atoms. The first-order valence-corrected chi connectivity index (χ1v) is 15.4. The molecule has 0 radical (unpaired) electrons. The first-order valence-electron chi connectivity index (χ1n) is 13.1. The minimum absolute atomic E-state index is 0.0829. The van der Waals surface area contributed by atoms with E-state index in [0.29, 0.717) is 33.8 Å². The van der Waals surface area contributed by atoms with Crippen LogP contribution < -0.4 is 14.1 Å². The molecule has 11 heteroatoms. The van der Waals surface area contributed by atoms with Gasteiger partial charge in [-0.05, 0) is 96.8 Å². The molecule has 212 valence electrons. The number of methoxy groups -OCH3 is 1. The number of rotatable bonds is 7. The molecular weight excluding hydrogens is 575 g/mol. The molecule has 6 rings (SSSR count). The largest absolute Gasteiger partial charge is 0.497 e. The van der Waals surface area contributed by atoms with Crippen molar-refractivity contribution in [3.63, 3.8) is 0 Å². The second-order valence-electron chi connectivity index (χ2n) is 9.58. The Hall–Kier alpha value is -4.61. The Morgan fingerprint density at radius 2 is 1.81 bits per heavy atom. The van der Waals surface area contributed by atoms with Gasteiger partial charge in [-0.1, -0.05) is 29.5 Å². The monoisotopic (exact) mass is 600 g/mol. The number of thiazole rings is 1. The number of amides is 1. The number of ether oxygens (including phenoxy) is 1. The molecule has 2 heterocycles. The Kier molecular flexibility index (Phi) is 7.44. The van der Waals surface area contributed by atoms with Gasteiger partial charge in [0.1, 0.15) is 11.6 Å². The summed E-state index contributed by atoms with van der Waals surface area (Å²) < 4.78 is 48.2. The summed E-state index contributed by atoms with van der Waals surface area (Å²) in [6, 6.07) is 24.6. The van der Waals surface area contributed by atoms with Gasteiger partial charge in [-0.25, -0.2) is 17.8 Å². The normalized spacial score (nSPS) is 13.3. The molecule has 0 spiro atoms. The summed E-state index contributed by atoms with van der Waals surface area (Å²) in [6.07, 6.45) is 3.05. The summed E-state index contributed by atoms with van der Waals surface area (Å²) in [5.41, 5.74) is 3.11. The number of carbonyl (C=O) groups is 1. The van der Waals surface area contributed by atoms with E-state index >= 15 is 0 Å². The van der Waals surface area contributed by atoms with Gasteiger partial charge in [0.15, 0.2) is 0 Å². The van der Waals surface area contributed by atoms with Crippen LogP contribution in [0.1, 0.15) is 27.9 Å². The van der Waals surface area contributed by atoms with E-state index in [2.05, 4.69) is 10.1 Å². The van der Waals surface area contributed by atoms with E-state index in [1.54, 1.807) is 37.4 Å². The predicted octanol–water partition coefficient (Wildman–Crippen LogP) is 6.27. The van der Waals surface area contributed by atoms with Crippen LogP contribution in [-0.2, 0) is 16.4 Å². The maximum absolute atomic E-state index is 13.9. The number of hydrazone groups is 1. The molecule has 4 aromatic carbocycles. The molecule has 0 fully saturated rings. The van der Waals surface area contributed by atoms with Gasteiger partial charge < -0.3 is 4.74 Å². The van der Waals surface area contributed by atoms with Crippen molar-refractivity contribution in [3.05, 3.63) is 114 Å². The van der Waals surface area contributed by atoms with Crippen molar-refractivity contribution >= 4 is 54.5 Å². The molecule has 0 aliphatic carbocycles. The highest BCUT2D eigenvalue weighted by atomic mass is 32.2. The second kappa shape index (κ2) is 11.3. The number of carbonyl (C=O) groups excluding carboxylic acids is 1. The first kappa shape index (κ1) is 27.6. The fourth-order valence-corrected chi connectivity index (χ4v) is 7.24. The van der Waals surface area contributed by atoms with Crippen molar-refractivity contribution in [1.29, 1.82) is 0 Å². The van der Waals surface area contributed by atoms with E-state index in [0.717, 1.165) is 34.8 Å². The second-order valence-corrected chi connectivity index (χ2v) is 12.4. The Morgan fingerprint density at radius 1 is 1.05 bits per heavy atom. The van der Waals surface area contributed by atoms with Gasteiger partial charge in [-0.2, -0.15) is 10.1 Å². The molecule has 0 atom stereocenters. The minimum atomic E-state index is -3.84. The van der Waals surface area contributed by atoms with E-state index in [4.69, 9.17) is 4.74 Å². The van der Waals surface area contributed by atoms with Crippen molar-refractivity contribution < 1.29 is 22.3 Å². The van der Waals surface area contributed by atoms with Crippen LogP contribution in [0.3, 0.4) is 0 Å². The van der Waals surface area contributed by atoms with Crippen molar-refractivity contribution in [2.45, 2.75) is 17.7 Å². The third kappa shape index (κ3) is 5.36. The highest BCUT2D eigenvalue weighted by Crippen LogP contribution is 2.33. The van der Waals surface area contributed by atoms with E-state index in [-0.39, 0.29) is 15.6 Å². The lowest BCUT2D eigenvalue weighted by atomic mass is 10.0.